The van der Waals surface area contributed by atoms with Gasteiger partial charge in [-0.3, -0.25) is 24.5 Å². The van der Waals surface area contributed by atoms with Gasteiger partial charge in [0.25, 0.3) is 0 Å². The third kappa shape index (κ3) is 6.78. The van der Waals surface area contributed by atoms with Gasteiger partial charge in [0, 0.05) is 48.6 Å². The number of fused-ring (bicyclic) bond motifs is 7. The Kier molecular flexibility index (Phi) is 9.13. The smallest absolute Gasteiger partial charge is 0.394 e. The molecule has 5 aliphatic heterocycles. The second-order valence-corrected chi connectivity index (χ2v) is 15.4. The Balaban J connectivity index is 1.12. The molecule has 238 valence electrons. The number of nitrogens with one attached hydrogen (secondary N) is 3. The number of aromatic nitrogens is 2. The second-order valence-electron chi connectivity index (χ2n) is 14.2. The number of nitrogens with zero attached hydrogens (tertiary/aromatic N) is 4. The van der Waals surface area contributed by atoms with Crippen LogP contribution in [0.4, 0.5) is 13.2 Å². The maximum atomic E-state index is 13.3. The van der Waals surface area contributed by atoms with Crippen LogP contribution in [0.5, 0.6) is 5.88 Å². The first-order chi connectivity index (χ1) is 20.0. The van der Waals surface area contributed by atoms with Crippen LogP contribution in [0.15, 0.2) is 12.3 Å². The van der Waals surface area contributed by atoms with E-state index in [1.165, 1.54) is 32.1 Å². The fourth-order valence-corrected chi connectivity index (χ4v) is 8.89. The topological polar surface area (TPSA) is 69.6 Å². The van der Waals surface area contributed by atoms with Crippen molar-refractivity contribution in [3.8, 4) is 5.88 Å². The molecule has 4 bridgehead atoms. The minimum atomic E-state index is -4.15. The highest BCUT2D eigenvalue weighted by Gasteiger charge is 2.62. The fourth-order valence-electron chi connectivity index (χ4n) is 7.91. The van der Waals surface area contributed by atoms with Gasteiger partial charge in [-0.05, 0) is 97.6 Å². The summed E-state index contributed by atoms with van der Waals surface area (Å²) in [5, 5.41) is 13.0. The molecule has 7 rings (SSSR count). The lowest BCUT2D eigenvalue weighted by atomic mass is 9.90. The molecule has 6 fully saturated rings. The monoisotopic (exact) mass is 613 g/mol. The first-order valence-electron chi connectivity index (χ1n) is 16.1. The molecule has 7 atom stereocenters. The second kappa shape index (κ2) is 12.4. The van der Waals surface area contributed by atoms with Gasteiger partial charge < -0.3 is 10.1 Å². The first kappa shape index (κ1) is 31.0. The van der Waals surface area contributed by atoms with Gasteiger partial charge in [0.1, 0.15) is 6.17 Å². The van der Waals surface area contributed by atoms with Crippen LogP contribution in [0.25, 0.3) is 0 Å². The molecule has 3 N–H and O–H groups in total. The Labute approximate surface area is 253 Å². The molecule has 6 heterocycles. The van der Waals surface area contributed by atoms with Crippen molar-refractivity contribution < 1.29 is 17.9 Å². The van der Waals surface area contributed by atoms with E-state index < -0.39 is 11.6 Å². The Morgan fingerprint density at radius 2 is 1.90 bits per heavy atom. The van der Waals surface area contributed by atoms with E-state index in [2.05, 4.69) is 51.1 Å². The molecule has 8 nitrogen and oxygen atoms in total. The lowest BCUT2D eigenvalue weighted by Crippen LogP contribution is -2.60. The molecule has 1 aromatic heterocycles. The maximum Gasteiger partial charge on any atom is 0.394 e. The standard InChI is InChI=1S/C30H50F3N7OS/c1-28(2)17-21-5-4-14-38(3)24-9-7-23(19-34-24)42-35-18-22-6-8-25(36-27(22)39(28)20-21)40-15-10-26(37-40)41-16-13-29(11-12-29)30(31,32)33/h10,15,21-25,27,34-36H,4-9,11-14,16-20H2,1-3H3. The molecule has 0 radical (unpaired) electrons. The Hall–Kier alpha value is -1.05. The van der Waals surface area contributed by atoms with Crippen LogP contribution in [0.1, 0.15) is 84.2 Å². The van der Waals surface area contributed by atoms with E-state index in [4.69, 9.17) is 4.74 Å². The normalized spacial score (nSPS) is 37.3. The molecule has 6 aliphatic rings. The van der Waals surface area contributed by atoms with Gasteiger partial charge in [0.15, 0.2) is 0 Å². The zero-order chi connectivity index (χ0) is 29.5. The van der Waals surface area contributed by atoms with Gasteiger partial charge in [0.2, 0.25) is 5.88 Å². The van der Waals surface area contributed by atoms with Gasteiger partial charge in [0.05, 0.1) is 24.4 Å². The Morgan fingerprint density at radius 1 is 1.10 bits per heavy atom. The SMILES string of the molecule is CN1CCCC2CN(C3NC(n4ccc(OCCC5(C(F)(F)F)CC5)n4)CCC3CNSC3CCC1NC3)C(C)(C)C2. The number of alkyl halides is 3. The van der Waals surface area contributed by atoms with Crippen LogP contribution in [0, 0.1) is 17.3 Å². The highest BCUT2D eigenvalue weighted by molar-refractivity contribution is 7.98. The van der Waals surface area contributed by atoms with Crippen molar-refractivity contribution >= 4 is 11.9 Å². The summed E-state index contributed by atoms with van der Waals surface area (Å²) in [5.74, 6) is 1.56. The molecule has 1 aromatic rings. The van der Waals surface area contributed by atoms with Crippen molar-refractivity contribution in [1.29, 1.82) is 0 Å². The van der Waals surface area contributed by atoms with Crippen molar-refractivity contribution in [3.05, 3.63) is 12.3 Å². The van der Waals surface area contributed by atoms with Gasteiger partial charge in [-0.25, -0.2) is 0 Å². The fraction of sp³-hybridized carbons (Fsp3) is 0.900. The number of ether oxygens (including phenoxy) is 1. The molecule has 0 spiro atoms. The van der Waals surface area contributed by atoms with E-state index in [1.807, 2.05) is 22.8 Å². The minimum absolute atomic E-state index is 0.00119. The lowest BCUT2D eigenvalue weighted by Gasteiger charge is -2.47. The summed E-state index contributed by atoms with van der Waals surface area (Å²) in [7, 11) is 2.27. The predicted molar refractivity (Wildman–Crippen MR) is 160 cm³/mol. The van der Waals surface area contributed by atoms with Gasteiger partial charge in [-0.2, -0.15) is 13.2 Å². The Bertz CT molecular complexity index is 1040. The number of hydrogen-bond donors (Lipinski definition) is 3. The van der Waals surface area contributed by atoms with Crippen LogP contribution >= 0.6 is 11.9 Å². The predicted octanol–water partition coefficient (Wildman–Crippen LogP) is 4.96. The van der Waals surface area contributed by atoms with Crippen LogP contribution < -0.4 is 20.1 Å². The van der Waals surface area contributed by atoms with Gasteiger partial charge >= 0.3 is 6.18 Å². The molecular weight excluding hydrogens is 563 g/mol. The number of piperidine rings is 2. The largest absolute Gasteiger partial charge is 0.477 e. The van der Waals surface area contributed by atoms with E-state index in [9.17, 15) is 13.2 Å². The quantitative estimate of drug-likeness (QED) is 0.403. The highest BCUT2D eigenvalue weighted by Crippen LogP contribution is 2.59. The van der Waals surface area contributed by atoms with Crippen molar-refractivity contribution in [2.75, 3.05) is 39.8 Å². The molecule has 5 saturated heterocycles. The molecule has 7 unspecified atom stereocenters. The molecule has 1 saturated carbocycles. The van der Waals surface area contributed by atoms with Crippen molar-refractivity contribution in [1.82, 2.24) is 34.9 Å². The third-order valence-electron chi connectivity index (χ3n) is 10.8. The lowest BCUT2D eigenvalue weighted by molar-refractivity contribution is -0.190. The summed E-state index contributed by atoms with van der Waals surface area (Å²) in [4.78, 5) is 5.24. The molecular formula is C30H50F3N7OS. The van der Waals surface area contributed by atoms with Gasteiger partial charge in [-0.15, -0.1) is 5.10 Å². The maximum absolute atomic E-state index is 13.3. The summed E-state index contributed by atoms with van der Waals surface area (Å²) >= 11 is 1.91. The average molecular weight is 614 g/mol. The summed E-state index contributed by atoms with van der Waals surface area (Å²) in [5.41, 5.74) is -1.44. The van der Waals surface area contributed by atoms with Gasteiger partial charge in [-0.1, -0.05) is 11.9 Å². The van der Waals surface area contributed by atoms with E-state index in [1.54, 1.807) is 6.07 Å². The molecule has 42 heavy (non-hydrogen) atoms. The summed E-state index contributed by atoms with van der Waals surface area (Å²) in [6.45, 7) is 9.08. The van der Waals surface area contributed by atoms with Crippen molar-refractivity contribution in [2.45, 2.75) is 114 Å². The van der Waals surface area contributed by atoms with Crippen molar-refractivity contribution in [3.63, 3.8) is 0 Å². The van der Waals surface area contributed by atoms with Crippen LogP contribution in [0.3, 0.4) is 0 Å². The van der Waals surface area contributed by atoms with Crippen LogP contribution in [-0.4, -0.2) is 88.7 Å². The number of halogens is 3. The van der Waals surface area contributed by atoms with E-state index >= 15 is 0 Å². The van der Waals surface area contributed by atoms with Crippen molar-refractivity contribution in [2.24, 2.45) is 17.3 Å². The van der Waals surface area contributed by atoms with Crippen LogP contribution in [-0.2, 0) is 0 Å². The summed E-state index contributed by atoms with van der Waals surface area (Å²) in [6, 6.07) is 1.79. The Morgan fingerprint density at radius 3 is 2.64 bits per heavy atom. The molecule has 0 aromatic carbocycles. The van der Waals surface area contributed by atoms with E-state index in [0.29, 0.717) is 29.1 Å². The minimum Gasteiger partial charge on any atom is -0.477 e. The molecule has 12 heteroatoms. The van der Waals surface area contributed by atoms with Crippen LogP contribution in [0.2, 0.25) is 0 Å². The third-order valence-corrected chi connectivity index (χ3v) is 11.8. The molecule has 0 amide bonds. The molecule has 1 aliphatic carbocycles. The summed E-state index contributed by atoms with van der Waals surface area (Å²) < 4.78 is 51.3. The van der Waals surface area contributed by atoms with E-state index in [-0.39, 0.29) is 43.7 Å². The first-order valence-corrected chi connectivity index (χ1v) is 17.0. The van der Waals surface area contributed by atoms with E-state index in [0.717, 1.165) is 39.0 Å². The number of rotatable bonds is 5. The average Bonchev–Trinajstić information content (AvgIpc) is 3.50. The summed E-state index contributed by atoms with van der Waals surface area (Å²) in [6.07, 6.45) is 7.06. The highest BCUT2D eigenvalue weighted by atomic mass is 32.2. The zero-order valence-corrected chi connectivity index (χ0v) is 26.3. The zero-order valence-electron chi connectivity index (χ0n) is 25.5. The number of hydrogen-bond acceptors (Lipinski definition) is 8.